The lowest BCUT2D eigenvalue weighted by atomic mass is 9.96. The molecule has 3 rings (SSSR count). The van der Waals surface area contributed by atoms with Crippen molar-refractivity contribution in [2.24, 2.45) is 5.73 Å². The summed E-state index contributed by atoms with van der Waals surface area (Å²) in [6.45, 7) is 0. The molecular formula is C17H15ClN2O. The van der Waals surface area contributed by atoms with Gasteiger partial charge in [-0.15, -0.1) is 0 Å². The van der Waals surface area contributed by atoms with Crippen molar-refractivity contribution in [3.05, 3.63) is 71.0 Å². The highest BCUT2D eigenvalue weighted by atomic mass is 35.5. The molecule has 3 nitrogen and oxygen atoms in total. The van der Waals surface area contributed by atoms with Crippen LogP contribution in [0.5, 0.6) is 5.75 Å². The van der Waals surface area contributed by atoms with Gasteiger partial charge < -0.3 is 10.5 Å². The number of rotatable bonds is 3. The number of nitrogens with zero attached hydrogens (tertiary/aromatic N) is 1. The van der Waals surface area contributed by atoms with Crippen molar-refractivity contribution in [2.45, 2.75) is 6.04 Å². The van der Waals surface area contributed by atoms with Crippen LogP contribution in [-0.2, 0) is 0 Å². The average Bonchev–Trinajstić information content (AvgIpc) is 2.53. The molecule has 1 aromatic heterocycles. The monoisotopic (exact) mass is 298 g/mol. The lowest BCUT2D eigenvalue weighted by Gasteiger charge is -2.18. The van der Waals surface area contributed by atoms with Crippen molar-refractivity contribution >= 4 is 22.4 Å². The summed E-state index contributed by atoms with van der Waals surface area (Å²) in [6.07, 6.45) is 3.63. The fourth-order valence-corrected chi connectivity index (χ4v) is 2.68. The number of methoxy groups -OCH3 is 1. The van der Waals surface area contributed by atoms with Crippen molar-refractivity contribution in [2.75, 3.05) is 7.11 Å². The molecule has 0 saturated carbocycles. The van der Waals surface area contributed by atoms with Gasteiger partial charge in [-0.1, -0.05) is 35.9 Å². The average molecular weight is 299 g/mol. The predicted octanol–water partition coefficient (Wildman–Crippen LogP) is 3.94. The zero-order valence-corrected chi connectivity index (χ0v) is 12.3. The number of hydrogen-bond acceptors (Lipinski definition) is 3. The number of halogens is 1. The Bertz CT molecular complexity index is 783. The molecule has 1 unspecified atom stereocenters. The van der Waals surface area contributed by atoms with E-state index in [9.17, 15) is 0 Å². The van der Waals surface area contributed by atoms with Crippen molar-refractivity contribution in [1.29, 1.82) is 0 Å². The quantitative estimate of drug-likeness (QED) is 0.796. The Kier molecular flexibility index (Phi) is 3.78. The third-order valence-electron chi connectivity index (χ3n) is 3.56. The lowest BCUT2D eigenvalue weighted by Crippen LogP contribution is -2.14. The highest BCUT2D eigenvalue weighted by molar-refractivity contribution is 6.30. The Hall–Kier alpha value is -2.10. The smallest absolute Gasteiger partial charge is 0.124 e. The van der Waals surface area contributed by atoms with Gasteiger partial charge in [0, 0.05) is 28.4 Å². The minimum Gasteiger partial charge on any atom is -0.496 e. The number of aromatic nitrogens is 1. The second kappa shape index (κ2) is 5.72. The first-order valence-electron chi connectivity index (χ1n) is 6.62. The van der Waals surface area contributed by atoms with Crippen LogP contribution in [0.4, 0.5) is 0 Å². The van der Waals surface area contributed by atoms with Crippen LogP contribution in [0.2, 0.25) is 5.02 Å². The van der Waals surface area contributed by atoms with Crippen molar-refractivity contribution in [1.82, 2.24) is 4.98 Å². The van der Waals surface area contributed by atoms with Gasteiger partial charge in [0.25, 0.3) is 0 Å². The van der Waals surface area contributed by atoms with E-state index in [4.69, 9.17) is 22.1 Å². The van der Waals surface area contributed by atoms with Gasteiger partial charge in [-0.05, 0) is 29.1 Å². The first-order valence-corrected chi connectivity index (χ1v) is 7.00. The highest BCUT2D eigenvalue weighted by Gasteiger charge is 2.17. The van der Waals surface area contributed by atoms with Crippen LogP contribution in [0.3, 0.4) is 0 Å². The van der Waals surface area contributed by atoms with E-state index >= 15 is 0 Å². The number of ether oxygens (including phenoxy) is 1. The molecule has 0 spiro atoms. The summed E-state index contributed by atoms with van der Waals surface area (Å²) in [5.41, 5.74) is 8.25. The lowest BCUT2D eigenvalue weighted by molar-refractivity contribution is 0.408. The second-order valence-corrected chi connectivity index (χ2v) is 5.25. The number of fused-ring (bicyclic) bond motifs is 1. The van der Waals surface area contributed by atoms with Crippen LogP contribution in [0.15, 0.2) is 54.9 Å². The van der Waals surface area contributed by atoms with Crippen molar-refractivity contribution in [3.63, 3.8) is 0 Å². The van der Waals surface area contributed by atoms with E-state index in [0.29, 0.717) is 5.02 Å². The second-order valence-electron chi connectivity index (χ2n) is 4.81. The molecule has 2 aromatic carbocycles. The molecular weight excluding hydrogens is 284 g/mol. The van der Waals surface area contributed by atoms with Gasteiger partial charge in [0.2, 0.25) is 0 Å². The molecule has 3 aromatic rings. The number of pyridine rings is 1. The van der Waals surface area contributed by atoms with E-state index in [0.717, 1.165) is 27.6 Å². The van der Waals surface area contributed by atoms with Gasteiger partial charge in [0.1, 0.15) is 5.75 Å². The van der Waals surface area contributed by atoms with Gasteiger partial charge in [-0.2, -0.15) is 0 Å². The predicted molar refractivity (Wildman–Crippen MR) is 85.8 cm³/mol. The summed E-state index contributed by atoms with van der Waals surface area (Å²) in [4.78, 5) is 4.28. The molecule has 0 fully saturated rings. The first-order chi connectivity index (χ1) is 10.2. The number of hydrogen-bond donors (Lipinski definition) is 1. The summed E-state index contributed by atoms with van der Waals surface area (Å²) in [5.74, 6) is 0.722. The van der Waals surface area contributed by atoms with E-state index in [2.05, 4.69) is 4.98 Å². The SMILES string of the molecule is COc1ccc(Cl)cc1C(N)c1cncc2ccccc12. The molecule has 0 amide bonds. The zero-order chi connectivity index (χ0) is 14.8. The Morgan fingerprint density at radius 2 is 1.90 bits per heavy atom. The molecule has 0 aliphatic heterocycles. The molecule has 0 aliphatic rings. The van der Waals surface area contributed by atoms with E-state index < -0.39 is 0 Å². The maximum absolute atomic E-state index is 6.45. The zero-order valence-electron chi connectivity index (χ0n) is 11.6. The third kappa shape index (κ3) is 2.58. The minimum atomic E-state index is -0.350. The van der Waals surface area contributed by atoms with E-state index in [1.54, 1.807) is 19.4 Å². The fourth-order valence-electron chi connectivity index (χ4n) is 2.50. The Balaban J connectivity index is 2.17. The Morgan fingerprint density at radius 1 is 1.10 bits per heavy atom. The van der Waals surface area contributed by atoms with Crippen molar-refractivity contribution in [3.8, 4) is 5.75 Å². The van der Waals surface area contributed by atoms with Gasteiger partial charge in [-0.25, -0.2) is 0 Å². The molecule has 0 radical (unpaired) electrons. The molecule has 4 heteroatoms. The maximum atomic E-state index is 6.45. The Morgan fingerprint density at radius 3 is 2.71 bits per heavy atom. The van der Waals surface area contributed by atoms with Gasteiger partial charge in [0.15, 0.2) is 0 Å². The largest absolute Gasteiger partial charge is 0.496 e. The van der Waals surface area contributed by atoms with E-state index in [1.807, 2.05) is 42.6 Å². The van der Waals surface area contributed by atoms with E-state index in [-0.39, 0.29) is 6.04 Å². The van der Waals surface area contributed by atoms with Gasteiger partial charge in [-0.3, -0.25) is 4.98 Å². The molecule has 1 heterocycles. The summed E-state index contributed by atoms with van der Waals surface area (Å²) < 4.78 is 5.40. The first kappa shape index (κ1) is 13.9. The number of benzene rings is 2. The maximum Gasteiger partial charge on any atom is 0.124 e. The molecule has 0 saturated heterocycles. The standard InChI is InChI=1S/C17H15ClN2O/c1-21-16-7-6-12(18)8-14(16)17(19)15-10-20-9-11-4-2-3-5-13(11)15/h2-10,17H,19H2,1H3. The summed E-state index contributed by atoms with van der Waals surface area (Å²) in [7, 11) is 1.63. The topological polar surface area (TPSA) is 48.1 Å². The molecule has 21 heavy (non-hydrogen) atoms. The van der Waals surface area contributed by atoms with Crippen LogP contribution < -0.4 is 10.5 Å². The molecule has 0 bridgehead atoms. The van der Waals surface area contributed by atoms with Crippen LogP contribution >= 0.6 is 11.6 Å². The summed E-state index contributed by atoms with van der Waals surface area (Å²) in [6, 6.07) is 13.2. The Labute approximate surface area is 128 Å². The van der Waals surface area contributed by atoms with Crippen LogP contribution in [0.1, 0.15) is 17.2 Å². The molecule has 106 valence electrons. The molecule has 0 aliphatic carbocycles. The third-order valence-corrected chi connectivity index (χ3v) is 3.80. The van der Waals surface area contributed by atoms with E-state index in [1.165, 1.54) is 0 Å². The van der Waals surface area contributed by atoms with Crippen LogP contribution in [0, 0.1) is 0 Å². The fraction of sp³-hybridized carbons (Fsp3) is 0.118. The summed E-state index contributed by atoms with van der Waals surface area (Å²) in [5, 5.41) is 2.78. The van der Waals surface area contributed by atoms with Crippen LogP contribution in [0.25, 0.3) is 10.8 Å². The van der Waals surface area contributed by atoms with Gasteiger partial charge >= 0.3 is 0 Å². The summed E-state index contributed by atoms with van der Waals surface area (Å²) >= 11 is 6.10. The van der Waals surface area contributed by atoms with Crippen molar-refractivity contribution < 1.29 is 4.74 Å². The number of nitrogens with two attached hydrogens (primary N) is 1. The molecule has 1 atom stereocenters. The molecule has 2 N–H and O–H groups in total. The normalized spacial score (nSPS) is 12.3. The minimum absolute atomic E-state index is 0.350. The van der Waals surface area contributed by atoms with Gasteiger partial charge in [0.05, 0.1) is 13.2 Å². The van der Waals surface area contributed by atoms with Crippen LogP contribution in [-0.4, -0.2) is 12.1 Å². The highest BCUT2D eigenvalue weighted by Crippen LogP contribution is 2.33.